The molecule has 0 heterocycles. The molecule has 0 saturated carbocycles. The summed E-state index contributed by atoms with van der Waals surface area (Å²) >= 11 is 3.15. The van der Waals surface area contributed by atoms with E-state index >= 15 is 0 Å². The zero-order valence-corrected chi connectivity index (χ0v) is 9.93. The van der Waals surface area contributed by atoms with Crippen molar-refractivity contribution in [1.29, 1.82) is 0 Å². The van der Waals surface area contributed by atoms with Crippen LogP contribution in [0.2, 0.25) is 0 Å². The van der Waals surface area contributed by atoms with E-state index in [1.165, 1.54) is 0 Å². The van der Waals surface area contributed by atoms with E-state index in [0.29, 0.717) is 6.61 Å². The van der Waals surface area contributed by atoms with Crippen molar-refractivity contribution in [3.63, 3.8) is 0 Å². The first-order chi connectivity index (χ1) is 7.24. The molecule has 0 spiro atoms. The monoisotopic (exact) mass is 274 g/mol. The standard InChI is InChI=1S/C11H15BrO3/c12-10(6-13)11(14)8-15-7-9-4-2-1-3-5-9/h1-5,10-11,13-14H,6-8H2/t10-,11-/m1/s1. The van der Waals surface area contributed by atoms with Gasteiger partial charge in [0.2, 0.25) is 0 Å². The van der Waals surface area contributed by atoms with Crippen LogP contribution >= 0.6 is 15.9 Å². The number of alkyl halides is 1. The van der Waals surface area contributed by atoms with Crippen LogP contribution in [0.4, 0.5) is 0 Å². The highest BCUT2D eigenvalue weighted by Gasteiger charge is 2.14. The van der Waals surface area contributed by atoms with Crippen LogP contribution in [-0.4, -0.2) is 34.4 Å². The third-order valence-corrected chi connectivity index (χ3v) is 2.89. The van der Waals surface area contributed by atoms with Gasteiger partial charge >= 0.3 is 0 Å². The maximum absolute atomic E-state index is 9.46. The highest BCUT2D eigenvalue weighted by Crippen LogP contribution is 2.07. The van der Waals surface area contributed by atoms with Gasteiger partial charge < -0.3 is 14.9 Å². The van der Waals surface area contributed by atoms with Crippen molar-refractivity contribution >= 4 is 15.9 Å². The molecule has 3 nitrogen and oxygen atoms in total. The molecular weight excluding hydrogens is 260 g/mol. The fourth-order valence-electron chi connectivity index (χ4n) is 1.10. The summed E-state index contributed by atoms with van der Waals surface area (Å²) in [6, 6.07) is 9.75. The van der Waals surface area contributed by atoms with Crippen LogP contribution in [0.25, 0.3) is 0 Å². The molecule has 0 aromatic heterocycles. The van der Waals surface area contributed by atoms with Crippen molar-refractivity contribution in [2.45, 2.75) is 17.5 Å². The van der Waals surface area contributed by atoms with E-state index in [1.807, 2.05) is 30.3 Å². The first-order valence-corrected chi connectivity index (χ1v) is 5.70. The second-order valence-electron chi connectivity index (χ2n) is 3.27. The number of ether oxygens (including phenoxy) is 1. The van der Waals surface area contributed by atoms with Gasteiger partial charge in [0, 0.05) is 0 Å². The zero-order valence-electron chi connectivity index (χ0n) is 8.34. The lowest BCUT2D eigenvalue weighted by Gasteiger charge is -2.14. The van der Waals surface area contributed by atoms with Gasteiger partial charge in [0.1, 0.15) is 0 Å². The van der Waals surface area contributed by atoms with Crippen LogP contribution in [-0.2, 0) is 11.3 Å². The summed E-state index contributed by atoms with van der Waals surface area (Å²) in [5.41, 5.74) is 1.07. The zero-order chi connectivity index (χ0) is 11.1. The van der Waals surface area contributed by atoms with E-state index in [2.05, 4.69) is 15.9 Å². The Kier molecular flexibility index (Phi) is 5.86. The second kappa shape index (κ2) is 6.95. The average Bonchev–Trinajstić information content (AvgIpc) is 2.29. The molecule has 0 aliphatic heterocycles. The lowest BCUT2D eigenvalue weighted by molar-refractivity contribution is 0.0215. The smallest absolute Gasteiger partial charge is 0.0920 e. The predicted octanol–water partition coefficient (Wildman–Crippen LogP) is 1.32. The molecular formula is C11H15BrO3. The number of hydrogen-bond donors (Lipinski definition) is 2. The minimum absolute atomic E-state index is 0.101. The Morgan fingerprint density at radius 1 is 1.27 bits per heavy atom. The Labute approximate surface area is 97.8 Å². The van der Waals surface area contributed by atoms with Crippen molar-refractivity contribution in [2.75, 3.05) is 13.2 Å². The molecule has 1 rings (SSSR count). The fourth-order valence-corrected chi connectivity index (χ4v) is 1.25. The largest absolute Gasteiger partial charge is 0.395 e. The molecule has 0 amide bonds. The Balaban J connectivity index is 2.22. The lowest BCUT2D eigenvalue weighted by atomic mass is 10.2. The number of halogens is 1. The molecule has 1 aromatic rings. The van der Waals surface area contributed by atoms with Gasteiger partial charge in [-0.25, -0.2) is 0 Å². The Bertz CT molecular complexity index is 266. The van der Waals surface area contributed by atoms with Gasteiger partial charge in [0.05, 0.1) is 30.8 Å². The van der Waals surface area contributed by atoms with Crippen LogP contribution in [0.3, 0.4) is 0 Å². The molecule has 0 aliphatic carbocycles. The molecule has 1 aromatic carbocycles. The summed E-state index contributed by atoms with van der Waals surface area (Å²) in [7, 11) is 0. The minimum Gasteiger partial charge on any atom is -0.395 e. The minimum atomic E-state index is -0.682. The molecule has 0 bridgehead atoms. The van der Waals surface area contributed by atoms with Crippen molar-refractivity contribution in [2.24, 2.45) is 0 Å². The van der Waals surface area contributed by atoms with Gasteiger partial charge in [-0.3, -0.25) is 0 Å². The summed E-state index contributed by atoms with van der Waals surface area (Å²) in [6.07, 6.45) is -0.682. The van der Waals surface area contributed by atoms with Gasteiger partial charge in [-0.2, -0.15) is 0 Å². The Morgan fingerprint density at radius 3 is 2.53 bits per heavy atom. The van der Waals surface area contributed by atoms with Crippen molar-refractivity contribution in [1.82, 2.24) is 0 Å². The van der Waals surface area contributed by atoms with E-state index in [0.717, 1.165) is 5.56 Å². The van der Waals surface area contributed by atoms with Crippen LogP contribution in [0.15, 0.2) is 30.3 Å². The number of hydrogen-bond acceptors (Lipinski definition) is 3. The molecule has 0 fully saturated rings. The Hall–Kier alpha value is -0.420. The first-order valence-electron chi connectivity index (χ1n) is 4.78. The molecule has 0 unspecified atom stereocenters. The summed E-state index contributed by atoms with van der Waals surface area (Å²) in [6.45, 7) is 0.588. The SMILES string of the molecule is OC[C@@H](Br)[C@H](O)COCc1ccccc1. The summed E-state index contributed by atoms with van der Waals surface area (Å²) in [5, 5.41) is 18.2. The number of aliphatic hydroxyl groups excluding tert-OH is 2. The van der Waals surface area contributed by atoms with Gasteiger partial charge in [0.15, 0.2) is 0 Å². The predicted molar refractivity (Wildman–Crippen MR) is 61.9 cm³/mol. The average molecular weight is 275 g/mol. The maximum atomic E-state index is 9.46. The van der Waals surface area contributed by atoms with E-state index < -0.39 is 6.10 Å². The van der Waals surface area contributed by atoms with Gasteiger partial charge in [0.25, 0.3) is 0 Å². The normalized spacial score (nSPS) is 14.9. The van der Waals surface area contributed by atoms with Crippen molar-refractivity contribution in [3.05, 3.63) is 35.9 Å². The fraction of sp³-hybridized carbons (Fsp3) is 0.455. The molecule has 4 heteroatoms. The van der Waals surface area contributed by atoms with E-state index in [4.69, 9.17) is 9.84 Å². The quantitative estimate of drug-likeness (QED) is 0.770. The molecule has 0 aliphatic rings. The van der Waals surface area contributed by atoms with E-state index in [1.54, 1.807) is 0 Å². The second-order valence-corrected chi connectivity index (χ2v) is 4.44. The van der Waals surface area contributed by atoms with Crippen LogP contribution in [0.5, 0.6) is 0 Å². The topological polar surface area (TPSA) is 49.7 Å². The first kappa shape index (κ1) is 12.6. The Morgan fingerprint density at radius 2 is 1.93 bits per heavy atom. The van der Waals surface area contributed by atoms with Crippen LogP contribution in [0.1, 0.15) is 5.56 Å². The number of benzene rings is 1. The summed E-state index contributed by atoms with van der Waals surface area (Å²) < 4.78 is 5.31. The molecule has 15 heavy (non-hydrogen) atoms. The third kappa shape index (κ3) is 4.75. The van der Waals surface area contributed by atoms with Crippen molar-refractivity contribution < 1.29 is 14.9 Å². The lowest BCUT2D eigenvalue weighted by Crippen LogP contribution is -2.28. The number of rotatable bonds is 6. The highest BCUT2D eigenvalue weighted by molar-refractivity contribution is 9.09. The third-order valence-electron chi connectivity index (χ3n) is 1.99. The molecule has 0 radical (unpaired) electrons. The van der Waals surface area contributed by atoms with Gasteiger partial charge in [-0.05, 0) is 5.56 Å². The molecule has 84 valence electrons. The van der Waals surface area contributed by atoms with Gasteiger partial charge in [-0.15, -0.1) is 0 Å². The molecule has 0 saturated heterocycles. The molecule has 2 atom stereocenters. The number of aliphatic hydroxyl groups is 2. The summed E-state index contributed by atoms with van der Waals surface area (Å²) in [5.74, 6) is 0. The van der Waals surface area contributed by atoms with Crippen molar-refractivity contribution in [3.8, 4) is 0 Å². The molecule has 2 N–H and O–H groups in total. The maximum Gasteiger partial charge on any atom is 0.0920 e. The van der Waals surface area contributed by atoms with Gasteiger partial charge in [-0.1, -0.05) is 46.3 Å². The highest BCUT2D eigenvalue weighted by atomic mass is 79.9. The van der Waals surface area contributed by atoms with E-state index in [-0.39, 0.29) is 18.0 Å². The summed E-state index contributed by atoms with van der Waals surface area (Å²) in [4.78, 5) is -0.326. The van der Waals surface area contributed by atoms with E-state index in [9.17, 15) is 5.11 Å². The van der Waals surface area contributed by atoms with Crippen LogP contribution < -0.4 is 0 Å². The van der Waals surface area contributed by atoms with Crippen LogP contribution in [0, 0.1) is 0 Å².